The minimum Gasteiger partial charge on any atom is -0.419 e. The van der Waals surface area contributed by atoms with Crippen LogP contribution in [0.2, 0.25) is 0 Å². The van der Waals surface area contributed by atoms with Gasteiger partial charge in [0, 0.05) is 19.1 Å². The van der Waals surface area contributed by atoms with Crippen LogP contribution in [0.5, 0.6) is 0 Å². The number of sulfonamides is 1. The molecule has 0 radical (unpaired) electrons. The molecule has 138 valence electrons. The Bertz CT molecular complexity index is 927. The van der Waals surface area contributed by atoms with Gasteiger partial charge in [-0.25, -0.2) is 13.1 Å². The highest BCUT2D eigenvalue weighted by Crippen LogP contribution is 2.24. The number of thiophene rings is 2. The van der Waals surface area contributed by atoms with Gasteiger partial charge in [0.2, 0.25) is 15.9 Å². The quantitative estimate of drug-likeness (QED) is 0.672. The second-order valence-electron chi connectivity index (χ2n) is 6.08. The Morgan fingerprint density at radius 1 is 1.15 bits per heavy atom. The Morgan fingerprint density at radius 2 is 1.92 bits per heavy atom. The molecule has 0 aromatic carbocycles. The first-order valence-corrected chi connectivity index (χ1v) is 11.5. The zero-order chi connectivity index (χ0) is 18.0. The number of nitrogens with one attached hydrogen (secondary N) is 1. The van der Waals surface area contributed by atoms with Gasteiger partial charge in [-0.2, -0.15) is 0 Å². The van der Waals surface area contributed by atoms with E-state index in [9.17, 15) is 8.42 Å². The van der Waals surface area contributed by atoms with E-state index in [-0.39, 0.29) is 6.04 Å². The summed E-state index contributed by atoms with van der Waals surface area (Å²) < 4.78 is 33.5. The van der Waals surface area contributed by atoms with Crippen molar-refractivity contribution in [3.63, 3.8) is 0 Å². The lowest BCUT2D eigenvalue weighted by molar-refractivity contribution is 0.184. The zero-order valence-corrected chi connectivity index (χ0v) is 16.3. The van der Waals surface area contributed by atoms with E-state index in [0.717, 1.165) is 30.8 Å². The van der Waals surface area contributed by atoms with Gasteiger partial charge >= 0.3 is 0 Å². The standard InChI is InChI=1S/C16H18N4O3S3/c21-26(22,15-4-2-10-25-15)19-12-5-7-20(8-6-12)11-14-17-18-16(23-14)13-3-1-9-24-13/h1-4,9-10,12,19H,5-8,11H2. The maximum absolute atomic E-state index is 12.3. The summed E-state index contributed by atoms with van der Waals surface area (Å²) in [5.74, 6) is 1.14. The van der Waals surface area contributed by atoms with E-state index in [0.29, 0.717) is 22.5 Å². The molecular weight excluding hydrogens is 392 g/mol. The minimum absolute atomic E-state index is 0.0392. The Balaban J connectivity index is 1.30. The Labute approximate surface area is 159 Å². The van der Waals surface area contributed by atoms with E-state index in [1.165, 1.54) is 11.3 Å². The lowest BCUT2D eigenvalue weighted by atomic mass is 10.1. The normalized spacial score (nSPS) is 16.9. The average Bonchev–Trinajstić information content (AvgIpc) is 3.39. The molecule has 1 aliphatic heterocycles. The number of rotatable bonds is 6. The molecule has 0 bridgehead atoms. The first-order chi connectivity index (χ1) is 12.6. The number of nitrogens with zero attached hydrogens (tertiary/aromatic N) is 3. The van der Waals surface area contributed by atoms with Crippen LogP contribution in [0.1, 0.15) is 18.7 Å². The Hall–Kier alpha value is -1.59. The van der Waals surface area contributed by atoms with Crippen molar-refractivity contribution in [2.75, 3.05) is 13.1 Å². The molecule has 10 heteroatoms. The van der Waals surface area contributed by atoms with Crippen LogP contribution in [0.15, 0.2) is 43.7 Å². The van der Waals surface area contributed by atoms with Crippen molar-refractivity contribution in [2.24, 2.45) is 0 Å². The van der Waals surface area contributed by atoms with Gasteiger partial charge < -0.3 is 4.42 Å². The second-order valence-corrected chi connectivity index (χ2v) is 9.92. The van der Waals surface area contributed by atoms with Gasteiger partial charge in [-0.3, -0.25) is 4.90 Å². The van der Waals surface area contributed by atoms with Crippen LogP contribution < -0.4 is 4.72 Å². The van der Waals surface area contributed by atoms with E-state index in [4.69, 9.17) is 4.42 Å². The number of likely N-dealkylation sites (tertiary alicyclic amines) is 1. The summed E-state index contributed by atoms with van der Waals surface area (Å²) in [7, 11) is -3.40. The van der Waals surface area contributed by atoms with E-state index < -0.39 is 10.0 Å². The molecule has 7 nitrogen and oxygen atoms in total. The summed E-state index contributed by atoms with van der Waals surface area (Å²) in [5.41, 5.74) is 0. The third-order valence-corrected chi connectivity index (χ3v) is 8.00. The van der Waals surface area contributed by atoms with Crippen LogP contribution in [0.4, 0.5) is 0 Å². The SMILES string of the molecule is O=S(=O)(NC1CCN(Cc2nnc(-c3cccs3)o2)CC1)c1cccs1. The number of hydrogen-bond acceptors (Lipinski definition) is 8. The smallest absolute Gasteiger partial charge is 0.257 e. The predicted molar refractivity (Wildman–Crippen MR) is 101 cm³/mol. The summed E-state index contributed by atoms with van der Waals surface area (Å²) in [5, 5.41) is 12.0. The summed E-state index contributed by atoms with van der Waals surface area (Å²) in [4.78, 5) is 3.17. The molecule has 4 rings (SSSR count). The first kappa shape index (κ1) is 17.8. The fraction of sp³-hybridized carbons (Fsp3) is 0.375. The van der Waals surface area contributed by atoms with E-state index in [2.05, 4.69) is 19.8 Å². The van der Waals surface area contributed by atoms with Gasteiger partial charge in [0.15, 0.2) is 0 Å². The summed E-state index contributed by atoms with van der Waals surface area (Å²) in [6.07, 6.45) is 1.52. The fourth-order valence-corrected chi connectivity index (χ4v) is 5.87. The molecule has 26 heavy (non-hydrogen) atoms. The predicted octanol–water partition coefficient (Wildman–Crippen LogP) is 2.80. The molecule has 1 aliphatic rings. The molecular formula is C16H18N4O3S3. The maximum atomic E-state index is 12.3. The van der Waals surface area contributed by atoms with Gasteiger partial charge in [-0.15, -0.1) is 32.9 Å². The van der Waals surface area contributed by atoms with Crippen molar-refractivity contribution in [3.05, 3.63) is 40.9 Å². The summed E-state index contributed by atoms with van der Waals surface area (Å²) in [6, 6.07) is 7.24. The van der Waals surface area contributed by atoms with E-state index in [1.54, 1.807) is 28.8 Å². The molecule has 3 aromatic heterocycles. The highest BCUT2D eigenvalue weighted by Gasteiger charge is 2.26. The monoisotopic (exact) mass is 410 g/mol. The van der Waals surface area contributed by atoms with Crippen LogP contribution in [0.3, 0.4) is 0 Å². The molecule has 0 spiro atoms. The molecule has 1 N–H and O–H groups in total. The van der Waals surface area contributed by atoms with E-state index in [1.807, 2.05) is 17.5 Å². The van der Waals surface area contributed by atoms with Crippen LogP contribution in [0, 0.1) is 0 Å². The van der Waals surface area contributed by atoms with Crippen LogP contribution in [-0.2, 0) is 16.6 Å². The molecule has 1 fully saturated rings. The van der Waals surface area contributed by atoms with Crippen molar-refractivity contribution in [3.8, 4) is 10.8 Å². The minimum atomic E-state index is -3.40. The number of hydrogen-bond donors (Lipinski definition) is 1. The fourth-order valence-electron chi connectivity index (χ4n) is 2.91. The zero-order valence-electron chi connectivity index (χ0n) is 13.9. The average molecular weight is 411 g/mol. The highest BCUT2D eigenvalue weighted by atomic mass is 32.2. The topological polar surface area (TPSA) is 88.3 Å². The molecule has 0 amide bonds. The summed E-state index contributed by atoms with van der Waals surface area (Å²) in [6.45, 7) is 2.16. The van der Waals surface area contributed by atoms with Gasteiger partial charge in [0.25, 0.3) is 5.89 Å². The van der Waals surface area contributed by atoms with Crippen LogP contribution >= 0.6 is 22.7 Å². The van der Waals surface area contributed by atoms with Gasteiger partial charge in [0.1, 0.15) is 4.21 Å². The van der Waals surface area contributed by atoms with Crippen molar-refractivity contribution in [1.82, 2.24) is 19.8 Å². The lowest BCUT2D eigenvalue weighted by Crippen LogP contribution is -2.44. The van der Waals surface area contributed by atoms with E-state index >= 15 is 0 Å². The Morgan fingerprint density at radius 3 is 2.62 bits per heavy atom. The molecule has 0 unspecified atom stereocenters. The molecule has 0 saturated carbocycles. The molecule has 1 saturated heterocycles. The first-order valence-electron chi connectivity index (χ1n) is 8.24. The third-order valence-electron chi connectivity index (χ3n) is 4.23. The highest BCUT2D eigenvalue weighted by molar-refractivity contribution is 7.91. The van der Waals surface area contributed by atoms with Gasteiger partial charge in [0.05, 0.1) is 11.4 Å². The van der Waals surface area contributed by atoms with Crippen molar-refractivity contribution < 1.29 is 12.8 Å². The van der Waals surface area contributed by atoms with Crippen LogP contribution in [0.25, 0.3) is 10.8 Å². The third kappa shape index (κ3) is 4.04. The molecule has 3 aromatic rings. The van der Waals surface area contributed by atoms with Crippen LogP contribution in [-0.4, -0.2) is 42.6 Å². The number of piperidine rings is 1. The van der Waals surface area contributed by atoms with Gasteiger partial charge in [-0.1, -0.05) is 12.1 Å². The van der Waals surface area contributed by atoms with Crippen molar-refractivity contribution in [1.29, 1.82) is 0 Å². The lowest BCUT2D eigenvalue weighted by Gasteiger charge is -2.31. The van der Waals surface area contributed by atoms with Crippen molar-refractivity contribution >= 4 is 32.7 Å². The number of aromatic nitrogens is 2. The molecule has 0 aliphatic carbocycles. The van der Waals surface area contributed by atoms with Crippen molar-refractivity contribution in [2.45, 2.75) is 29.6 Å². The molecule has 4 heterocycles. The second kappa shape index (κ2) is 7.57. The largest absolute Gasteiger partial charge is 0.419 e. The maximum Gasteiger partial charge on any atom is 0.257 e. The summed E-state index contributed by atoms with van der Waals surface area (Å²) >= 11 is 2.80. The van der Waals surface area contributed by atoms with Gasteiger partial charge in [-0.05, 0) is 35.7 Å². The molecule has 0 atom stereocenters. The Kier molecular flexibility index (Phi) is 5.18.